The predicted molar refractivity (Wildman–Crippen MR) is 101 cm³/mol. The highest BCUT2D eigenvalue weighted by atomic mass is 35.5. The Morgan fingerprint density at radius 3 is 2.20 bits per heavy atom. The molecule has 0 aliphatic heterocycles. The maximum atomic E-state index is 11.2. The highest BCUT2D eigenvalue weighted by molar-refractivity contribution is 7.89. The molecular weight excluding hydrogens is 360 g/mol. The van der Waals surface area contributed by atoms with Gasteiger partial charge in [-0.3, -0.25) is 4.99 Å². The van der Waals surface area contributed by atoms with Gasteiger partial charge >= 0.3 is 0 Å². The van der Waals surface area contributed by atoms with Crippen molar-refractivity contribution in [2.45, 2.75) is 17.9 Å². The fraction of sp³-hybridized carbons (Fsp3) is 0.235. The summed E-state index contributed by atoms with van der Waals surface area (Å²) in [5, 5.41) is 12.2. The zero-order valence-corrected chi connectivity index (χ0v) is 15.4. The molecule has 0 aliphatic rings. The van der Waals surface area contributed by atoms with Crippen LogP contribution in [0.3, 0.4) is 0 Å². The van der Waals surface area contributed by atoms with Gasteiger partial charge in [0, 0.05) is 25.2 Å². The number of benzene rings is 2. The highest BCUT2D eigenvalue weighted by Crippen LogP contribution is 2.10. The van der Waals surface area contributed by atoms with Crippen LogP contribution >= 0.6 is 11.6 Å². The molecular formula is C17H21ClN4O2S. The van der Waals surface area contributed by atoms with E-state index >= 15 is 0 Å². The Labute approximate surface area is 153 Å². The van der Waals surface area contributed by atoms with Gasteiger partial charge in [-0.15, -0.1) is 0 Å². The Morgan fingerprint density at radius 2 is 1.64 bits per heavy atom. The molecule has 0 aromatic heterocycles. The average Bonchev–Trinajstić information content (AvgIpc) is 2.59. The molecule has 0 aliphatic carbocycles. The van der Waals surface area contributed by atoms with E-state index in [9.17, 15) is 8.42 Å². The summed E-state index contributed by atoms with van der Waals surface area (Å²) in [7, 11) is -1.97. The standard InChI is InChI=1S/C17H21ClN4O2S/c1-20-17(21-11-10-13-2-6-15(18)7-3-13)22-12-14-4-8-16(9-5-14)25(19,23)24/h2-9H,10-12H2,1H3,(H2,19,23,24)(H2,20,21,22). The van der Waals surface area contributed by atoms with Gasteiger partial charge in [0.25, 0.3) is 0 Å². The van der Waals surface area contributed by atoms with E-state index in [1.807, 2.05) is 24.3 Å². The predicted octanol–water partition coefficient (Wildman–Crippen LogP) is 1.90. The Bertz CT molecular complexity index is 819. The molecule has 0 atom stereocenters. The zero-order chi connectivity index (χ0) is 18.3. The second-order valence-electron chi connectivity index (χ2n) is 5.42. The minimum atomic E-state index is -3.66. The number of nitrogens with two attached hydrogens (primary N) is 1. The number of guanidine groups is 1. The fourth-order valence-corrected chi connectivity index (χ4v) is 2.82. The van der Waals surface area contributed by atoms with Crippen LogP contribution in [0.1, 0.15) is 11.1 Å². The number of hydrogen-bond donors (Lipinski definition) is 3. The van der Waals surface area contributed by atoms with Gasteiger partial charge in [0.05, 0.1) is 4.90 Å². The van der Waals surface area contributed by atoms with Gasteiger partial charge < -0.3 is 10.6 Å². The van der Waals surface area contributed by atoms with Crippen molar-refractivity contribution < 1.29 is 8.42 Å². The first-order valence-corrected chi connectivity index (χ1v) is 9.61. The lowest BCUT2D eigenvalue weighted by Gasteiger charge is -2.12. The lowest BCUT2D eigenvalue weighted by Crippen LogP contribution is -2.37. The zero-order valence-electron chi connectivity index (χ0n) is 13.9. The first-order chi connectivity index (χ1) is 11.9. The molecule has 0 spiro atoms. The van der Waals surface area contributed by atoms with Crippen LogP contribution in [-0.4, -0.2) is 28.0 Å². The average molecular weight is 381 g/mol. The quantitative estimate of drug-likeness (QED) is 0.526. The van der Waals surface area contributed by atoms with E-state index in [4.69, 9.17) is 16.7 Å². The molecule has 0 radical (unpaired) electrons. The minimum absolute atomic E-state index is 0.0988. The molecule has 6 nitrogen and oxygen atoms in total. The van der Waals surface area contributed by atoms with Crippen molar-refractivity contribution in [1.29, 1.82) is 0 Å². The number of primary sulfonamides is 1. The molecule has 134 valence electrons. The van der Waals surface area contributed by atoms with Crippen LogP contribution in [0.2, 0.25) is 5.02 Å². The second-order valence-corrected chi connectivity index (χ2v) is 7.42. The second kappa shape index (κ2) is 8.84. The summed E-state index contributed by atoms with van der Waals surface area (Å²) in [5.74, 6) is 0.671. The van der Waals surface area contributed by atoms with Crippen molar-refractivity contribution in [2.75, 3.05) is 13.6 Å². The first kappa shape index (κ1) is 19.2. The van der Waals surface area contributed by atoms with Crippen LogP contribution in [0.5, 0.6) is 0 Å². The van der Waals surface area contributed by atoms with Crippen molar-refractivity contribution in [2.24, 2.45) is 10.1 Å². The van der Waals surface area contributed by atoms with Gasteiger partial charge in [-0.05, 0) is 41.8 Å². The minimum Gasteiger partial charge on any atom is -0.356 e. The van der Waals surface area contributed by atoms with Gasteiger partial charge in [-0.25, -0.2) is 13.6 Å². The molecule has 4 N–H and O–H groups in total. The topological polar surface area (TPSA) is 96.6 Å². The maximum Gasteiger partial charge on any atom is 0.238 e. The van der Waals surface area contributed by atoms with Gasteiger partial charge in [0.1, 0.15) is 0 Å². The van der Waals surface area contributed by atoms with Crippen LogP contribution in [0.25, 0.3) is 0 Å². The number of rotatable bonds is 6. The SMILES string of the molecule is CN=C(NCCc1ccc(Cl)cc1)NCc1ccc(S(N)(=O)=O)cc1. The largest absolute Gasteiger partial charge is 0.356 e. The van der Waals surface area contributed by atoms with Crippen molar-refractivity contribution in [3.05, 3.63) is 64.7 Å². The lowest BCUT2D eigenvalue weighted by molar-refractivity contribution is 0.597. The molecule has 0 saturated carbocycles. The third kappa shape index (κ3) is 6.38. The van der Waals surface area contributed by atoms with E-state index in [0.29, 0.717) is 12.5 Å². The Morgan fingerprint density at radius 1 is 1.04 bits per heavy atom. The molecule has 0 amide bonds. The summed E-state index contributed by atoms with van der Waals surface area (Å²) in [4.78, 5) is 4.26. The maximum absolute atomic E-state index is 11.2. The Hall–Kier alpha value is -2.09. The molecule has 2 rings (SSSR count). The Kier molecular flexibility index (Phi) is 6.81. The van der Waals surface area contributed by atoms with Crippen molar-refractivity contribution in [3.8, 4) is 0 Å². The molecule has 8 heteroatoms. The summed E-state index contributed by atoms with van der Waals surface area (Å²) in [6.07, 6.45) is 0.848. The normalized spacial score (nSPS) is 12.0. The summed E-state index contributed by atoms with van der Waals surface area (Å²) in [5.41, 5.74) is 2.11. The summed E-state index contributed by atoms with van der Waals surface area (Å²) >= 11 is 5.87. The highest BCUT2D eigenvalue weighted by Gasteiger charge is 2.06. The van der Waals surface area contributed by atoms with Crippen LogP contribution < -0.4 is 15.8 Å². The van der Waals surface area contributed by atoms with Gasteiger partial charge in [0.2, 0.25) is 10.0 Å². The van der Waals surface area contributed by atoms with Crippen molar-refractivity contribution in [1.82, 2.24) is 10.6 Å². The summed E-state index contributed by atoms with van der Waals surface area (Å²) in [6, 6.07) is 14.1. The van der Waals surface area contributed by atoms with Gasteiger partial charge in [-0.2, -0.15) is 0 Å². The number of nitrogens with zero attached hydrogens (tertiary/aromatic N) is 1. The summed E-state index contributed by atoms with van der Waals surface area (Å²) in [6.45, 7) is 1.25. The number of hydrogen-bond acceptors (Lipinski definition) is 3. The summed E-state index contributed by atoms with van der Waals surface area (Å²) < 4.78 is 22.5. The third-order valence-corrected chi connectivity index (χ3v) is 4.74. The van der Waals surface area contributed by atoms with E-state index < -0.39 is 10.0 Å². The van der Waals surface area contributed by atoms with Gasteiger partial charge in [0.15, 0.2) is 5.96 Å². The molecule has 0 fully saturated rings. The molecule has 0 saturated heterocycles. The molecule has 0 heterocycles. The first-order valence-electron chi connectivity index (χ1n) is 7.69. The third-order valence-electron chi connectivity index (χ3n) is 3.55. The number of nitrogens with one attached hydrogen (secondary N) is 2. The number of halogens is 1. The van der Waals surface area contributed by atoms with Crippen molar-refractivity contribution >= 4 is 27.6 Å². The van der Waals surface area contributed by atoms with Crippen LogP contribution in [0, 0.1) is 0 Å². The smallest absolute Gasteiger partial charge is 0.238 e. The number of sulfonamides is 1. The Balaban J connectivity index is 1.81. The van der Waals surface area contributed by atoms with Crippen LogP contribution in [-0.2, 0) is 23.0 Å². The monoisotopic (exact) mass is 380 g/mol. The van der Waals surface area contributed by atoms with E-state index in [-0.39, 0.29) is 4.90 Å². The number of aliphatic imine (C=N–C) groups is 1. The van der Waals surface area contributed by atoms with Gasteiger partial charge in [-0.1, -0.05) is 35.9 Å². The molecule has 25 heavy (non-hydrogen) atoms. The van der Waals surface area contributed by atoms with E-state index in [0.717, 1.165) is 23.6 Å². The van der Waals surface area contributed by atoms with E-state index in [1.165, 1.54) is 17.7 Å². The molecule has 2 aromatic carbocycles. The fourth-order valence-electron chi connectivity index (χ4n) is 2.18. The lowest BCUT2D eigenvalue weighted by atomic mass is 10.1. The van der Waals surface area contributed by atoms with Crippen LogP contribution in [0.15, 0.2) is 58.4 Å². The molecule has 2 aromatic rings. The van der Waals surface area contributed by atoms with Crippen molar-refractivity contribution in [3.63, 3.8) is 0 Å². The molecule has 0 bridgehead atoms. The van der Waals surface area contributed by atoms with E-state index in [2.05, 4.69) is 15.6 Å². The van der Waals surface area contributed by atoms with Crippen LogP contribution in [0.4, 0.5) is 0 Å². The molecule has 0 unspecified atom stereocenters. The van der Waals surface area contributed by atoms with E-state index in [1.54, 1.807) is 19.2 Å².